The number of likely N-dealkylation sites (N-methyl/N-ethyl adjacent to an activating group) is 2. The predicted octanol–water partition coefficient (Wildman–Crippen LogP) is -0.500. The summed E-state index contributed by atoms with van der Waals surface area (Å²) in [6, 6.07) is 0.669. The molecule has 66 valence electrons. The van der Waals surface area contributed by atoms with Gasteiger partial charge in [-0.15, -0.1) is 0 Å². The number of hydrogen-bond donors (Lipinski definition) is 2. The van der Waals surface area contributed by atoms with Crippen LogP contribution in [0, 0.1) is 0 Å². The minimum atomic E-state index is 0.669. The van der Waals surface area contributed by atoms with Gasteiger partial charge in [-0.2, -0.15) is 0 Å². The zero-order valence-electron chi connectivity index (χ0n) is 7.56. The minimum Gasteiger partial charge on any atom is -0.318 e. The third-order valence-electron chi connectivity index (χ3n) is 2.31. The van der Waals surface area contributed by atoms with E-state index in [1.165, 1.54) is 19.5 Å². The molecule has 0 saturated carbocycles. The first-order valence-electron chi connectivity index (χ1n) is 4.40. The highest BCUT2D eigenvalue weighted by Gasteiger charge is 2.15. The highest BCUT2D eigenvalue weighted by atomic mass is 15.2. The van der Waals surface area contributed by atoms with Crippen LogP contribution in [0.5, 0.6) is 0 Å². The first-order chi connectivity index (χ1) is 5.34. The monoisotopic (exact) mass is 157 g/mol. The van der Waals surface area contributed by atoms with E-state index in [1.54, 1.807) is 0 Å². The molecule has 1 atom stereocenters. The molecule has 1 unspecified atom stereocenters. The summed E-state index contributed by atoms with van der Waals surface area (Å²) in [7, 11) is 4.22. The lowest BCUT2D eigenvalue weighted by Gasteiger charge is -2.24. The SMILES string of the molecule is CNCC1CNCCCN1C. The average Bonchev–Trinajstić information content (AvgIpc) is 2.18. The third kappa shape index (κ3) is 2.77. The average molecular weight is 157 g/mol. The summed E-state index contributed by atoms with van der Waals surface area (Å²) in [5, 5.41) is 6.64. The standard InChI is InChI=1S/C8H19N3/c1-9-6-8-7-10-4-3-5-11(8)2/h8-10H,3-7H2,1-2H3. The van der Waals surface area contributed by atoms with E-state index in [2.05, 4.69) is 22.6 Å². The van der Waals surface area contributed by atoms with Crippen molar-refractivity contribution in [2.45, 2.75) is 12.5 Å². The smallest absolute Gasteiger partial charge is 0.0342 e. The van der Waals surface area contributed by atoms with Gasteiger partial charge in [-0.05, 0) is 33.6 Å². The number of rotatable bonds is 2. The molecular formula is C8H19N3. The van der Waals surface area contributed by atoms with Crippen molar-refractivity contribution < 1.29 is 0 Å². The fourth-order valence-electron chi connectivity index (χ4n) is 1.52. The van der Waals surface area contributed by atoms with Gasteiger partial charge in [-0.3, -0.25) is 0 Å². The van der Waals surface area contributed by atoms with Gasteiger partial charge < -0.3 is 15.5 Å². The second-order valence-corrected chi connectivity index (χ2v) is 3.25. The predicted molar refractivity (Wildman–Crippen MR) is 47.8 cm³/mol. The van der Waals surface area contributed by atoms with Crippen LogP contribution >= 0.6 is 0 Å². The van der Waals surface area contributed by atoms with E-state index < -0.39 is 0 Å². The van der Waals surface area contributed by atoms with Crippen molar-refractivity contribution in [3.05, 3.63) is 0 Å². The second-order valence-electron chi connectivity index (χ2n) is 3.25. The normalized spacial score (nSPS) is 28.4. The van der Waals surface area contributed by atoms with Crippen LogP contribution in [0.2, 0.25) is 0 Å². The summed E-state index contributed by atoms with van der Waals surface area (Å²) in [6.45, 7) is 4.60. The summed E-state index contributed by atoms with van der Waals surface area (Å²) in [4.78, 5) is 2.43. The van der Waals surface area contributed by atoms with Gasteiger partial charge in [0.15, 0.2) is 0 Å². The molecule has 0 spiro atoms. The van der Waals surface area contributed by atoms with Gasteiger partial charge in [0.2, 0.25) is 0 Å². The van der Waals surface area contributed by atoms with Crippen molar-refractivity contribution in [1.29, 1.82) is 0 Å². The van der Waals surface area contributed by atoms with Crippen molar-refractivity contribution in [2.75, 3.05) is 40.3 Å². The largest absolute Gasteiger partial charge is 0.318 e. The van der Waals surface area contributed by atoms with Crippen LogP contribution in [0.25, 0.3) is 0 Å². The highest BCUT2D eigenvalue weighted by molar-refractivity contribution is 4.76. The molecule has 0 aromatic rings. The molecule has 1 heterocycles. The Kier molecular flexibility index (Phi) is 3.83. The van der Waals surface area contributed by atoms with Crippen LogP contribution < -0.4 is 10.6 Å². The molecule has 0 amide bonds. The topological polar surface area (TPSA) is 27.3 Å². The van der Waals surface area contributed by atoms with Crippen molar-refractivity contribution in [3.63, 3.8) is 0 Å². The van der Waals surface area contributed by atoms with Gasteiger partial charge in [0.1, 0.15) is 0 Å². The van der Waals surface area contributed by atoms with Crippen molar-refractivity contribution in [1.82, 2.24) is 15.5 Å². The van der Waals surface area contributed by atoms with Crippen LogP contribution in [-0.4, -0.2) is 51.2 Å². The Balaban J connectivity index is 2.32. The van der Waals surface area contributed by atoms with Gasteiger partial charge >= 0.3 is 0 Å². The summed E-state index contributed by atoms with van der Waals surface area (Å²) in [5.74, 6) is 0. The van der Waals surface area contributed by atoms with Gasteiger partial charge in [-0.25, -0.2) is 0 Å². The van der Waals surface area contributed by atoms with Gasteiger partial charge in [-0.1, -0.05) is 0 Å². The Morgan fingerprint density at radius 1 is 1.64 bits per heavy atom. The van der Waals surface area contributed by atoms with E-state index in [1.807, 2.05) is 7.05 Å². The van der Waals surface area contributed by atoms with E-state index in [-0.39, 0.29) is 0 Å². The van der Waals surface area contributed by atoms with Crippen LogP contribution in [0.4, 0.5) is 0 Å². The fraction of sp³-hybridized carbons (Fsp3) is 1.00. The molecule has 2 N–H and O–H groups in total. The Morgan fingerprint density at radius 2 is 2.45 bits per heavy atom. The summed E-state index contributed by atoms with van der Waals surface area (Å²) in [5.41, 5.74) is 0. The van der Waals surface area contributed by atoms with E-state index in [0.29, 0.717) is 6.04 Å². The zero-order chi connectivity index (χ0) is 8.10. The molecule has 1 fully saturated rings. The number of nitrogens with zero attached hydrogens (tertiary/aromatic N) is 1. The lowest BCUT2D eigenvalue weighted by Crippen LogP contribution is -2.43. The summed E-state index contributed by atoms with van der Waals surface area (Å²) in [6.07, 6.45) is 1.27. The first kappa shape index (κ1) is 8.97. The summed E-state index contributed by atoms with van der Waals surface area (Å²) < 4.78 is 0. The van der Waals surface area contributed by atoms with Crippen LogP contribution in [-0.2, 0) is 0 Å². The molecule has 1 rings (SSSR count). The lowest BCUT2D eigenvalue weighted by molar-refractivity contribution is 0.254. The van der Waals surface area contributed by atoms with Gasteiger partial charge in [0, 0.05) is 19.1 Å². The second kappa shape index (κ2) is 4.70. The molecule has 1 aliphatic rings. The molecule has 0 aromatic carbocycles. The van der Waals surface area contributed by atoms with E-state index in [9.17, 15) is 0 Å². The van der Waals surface area contributed by atoms with Crippen LogP contribution in [0.1, 0.15) is 6.42 Å². The molecule has 0 radical (unpaired) electrons. The Bertz CT molecular complexity index is 106. The molecule has 0 bridgehead atoms. The Morgan fingerprint density at radius 3 is 3.18 bits per heavy atom. The molecule has 1 aliphatic heterocycles. The maximum Gasteiger partial charge on any atom is 0.0342 e. The van der Waals surface area contributed by atoms with E-state index in [4.69, 9.17) is 0 Å². The van der Waals surface area contributed by atoms with Crippen molar-refractivity contribution in [2.24, 2.45) is 0 Å². The molecule has 0 aliphatic carbocycles. The van der Waals surface area contributed by atoms with Crippen LogP contribution in [0.15, 0.2) is 0 Å². The molecule has 0 aromatic heterocycles. The lowest BCUT2D eigenvalue weighted by atomic mass is 10.2. The van der Waals surface area contributed by atoms with E-state index in [0.717, 1.165) is 13.1 Å². The Labute approximate surface area is 69.1 Å². The molecule has 3 heteroatoms. The van der Waals surface area contributed by atoms with Gasteiger partial charge in [0.05, 0.1) is 0 Å². The maximum atomic E-state index is 3.43. The summed E-state index contributed by atoms with van der Waals surface area (Å²) >= 11 is 0. The van der Waals surface area contributed by atoms with Crippen molar-refractivity contribution in [3.8, 4) is 0 Å². The molecule has 3 nitrogen and oxygen atoms in total. The highest BCUT2D eigenvalue weighted by Crippen LogP contribution is 1.99. The number of nitrogens with one attached hydrogen (secondary N) is 2. The first-order valence-corrected chi connectivity index (χ1v) is 4.40. The molecular weight excluding hydrogens is 138 g/mol. The molecule has 11 heavy (non-hydrogen) atoms. The fourth-order valence-corrected chi connectivity index (χ4v) is 1.52. The quantitative estimate of drug-likeness (QED) is 0.566. The van der Waals surface area contributed by atoms with Crippen molar-refractivity contribution >= 4 is 0 Å². The van der Waals surface area contributed by atoms with E-state index >= 15 is 0 Å². The number of hydrogen-bond acceptors (Lipinski definition) is 3. The third-order valence-corrected chi connectivity index (χ3v) is 2.31. The van der Waals surface area contributed by atoms with Gasteiger partial charge in [0.25, 0.3) is 0 Å². The Hall–Kier alpha value is -0.120. The molecule has 1 saturated heterocycles. The van der Waals surface area contributed by atoms with Crippen LogP contribution in [0.3, 0.4) is 0 Å². The minimum absolute atomic E-state index is 0.669. The zero-order valence-corrected chi connectivity index (χ0v) is 7.56. The maximum absolute atomic E-state index is 3.43.